The molecule has 0 heterocycles. The van der Waals surface area contributed by atoms with Gasteiger partial charge < -0.3 is 15.7 Å². The molecule has 2 amide bonds. The van der Waals surface area contributed by atoms with E-state index in [2.05, 4.69) is 10.6 Å². The van der Waals surface area contributed by atoms with Crippen LogP contribution in [-0.2, 0) is 4.79 Å². The van der Waals surface area contributed by atoms with Crippen molar-refractivity contribution in [1.82, 2.24) is 5.32 Å². The number of hydrogen-bond acceptors (Lipinski definition) is 2. The van der Waals surface area contributed by atoms with Crippen molar-refractivity contribution in [3.8, 4) is 0 Å². The molecule has 0 aromatic heterocycles. The number of urea groups is 1. The Kier molecular flexibility index (Phi) is 5.76. The second kappa shape index (κ2) is 7.09. The van der Waals surface area contributed by atoms with Crippen molar-refractivity contribution in [2.24, 2.45) is 11.8 Å². The van der Waals surface area contributed by atoms with Gasteiger partial charge in [0.05, 0.1) is 11.6 Å². The largest absolute Gasteiger partial charge is 0.481 e. The van der Waals surface area contributed by atoms with Crippen LogP contribution in [0.25, 0.3) is 0 Å². The number of anilines is 1. The Balaban J connectivity index is 2.57. The van der Waals surface area contributed by atoms with Crippen LogP contribution in [0.3, 0.4) is 0 Å². The molecule has 3 N–H and O–H groups in total. The first kappa shape index (κ1) is 16.2. The normalized spacial score (nSPS) is 12.1. The molecule has 0 radical (unpaired) electrons. The lowest BCUT2D eigenvalue weighted by molar-refractivity contribution is -0.142. The van der Waals surface area contributed by atoms with E-state index < -0.39 is 23.7 Å². The third-order valence-electron chi connectivity index (χ3n) is 2.78. The minimum absolute atomic E-state index is 0.0247. The zero-order valence-corrected chi connectivity index (χ0v) is 11.9. The van der Waals surface area contributed by atoms with Crippen molar-refractivity contribution < 1.29 is 19.1 Å². The van der Waals surface area contributed by atoms with Crippen LogP contribution in [0, 0.1) is 17.7 Å². The quantitative estimate of drug-likeness (QED) is 0.782. The number of carbonyl (C=O) groups excluding carboxylic acids is 1. The summed E-state index contributed by atoms with van der Waals surface area (Å²) < 4.78 is 13.4. The first-order valence-electron chi connectivity index (χ1n) is 6.04. The van der Waals surface area contributed by atoms with Gasteiger partial charge in [-0.2, -0.15) is 0 Å². The number of halogens is 2. The highest BCUT2D eigenvalue weighted by atomic mass is 35.5. The molecular weight excluding hydrogens is 287 g/mol. The number of carboxylic acid groups (broad SMARTS) is 1. The van der Waals surface area contributed by atoms with Crippen molar-refractivity contribution in [3.05, 3.63) is 29.0 Å². The van der Waals surface area contributed by atoms with Crippen molar-refractivity contribution in [3.63, 3.8) is 0 Å². The first-order chi connectivity index (χ1) is 9.31. The fourth-order valence-corrected chi connectivity index (χ4v) is 1.73. The summed E-state index contributed by atoms with van der Waals surface area (Å²) in [5.41, 5.74) is -0.0247. The van der Waals surface area contributed by atoms with E-state index in [0.717, 1.165) is 6.07 Å². The van der Waals surface area contributed by atoms with Gasteiger partial charge in [0.2, 0.25) is 0 Å². The zero-order valence-electron chi connectivity index (χ0n) is 11.1. The maximum absolute atomic E-state index is 13.4. The number of nitrogens with one attached hydrogen (secondary N) is 2. The summed E-state index contributed by atoms with van der Waals surface area (Å²) in [6, 6.07) is 3.17. The van der Waals surface area contributed by atoms with Crippen LogP contribution in [0.2, 0.25) is 5.02 Å². The summed E-state index contributed by atoms with van der Waals surface area (Å²) in [5.74, 6) is -2.47. The van der Waals surface area contributed by atoms with Gasteiger partial charge in [-0.05, 0) is 24.1 Å². The fourth-order valence-electron chi connectivity index (χ4n) is 1.57. The fraction of sp³-hybridized carbons (Fsp3) is 0.385. The minimum Gasteiger partial charge on any atom is -0.481 e. The lowest BCUT2D eigenvalue weighted by Crippen LogP contribution is -2.37. The predicted octanol–water partition coefficient (Wildman–Crippen LogP) is 2.96. The highest BCUT2D eigenvalue weighted by Crippen LogP contribution is 2.18. The summed E-state index contributed by atoms with van der Waals surface area (Å²) in [4.78, 5) is 22.5. The molecule has 110 valence electrons. The SMILES string of the molecule is CC(C)C(CNC(=O)Nc1ccc(Cl)cc1F)C(=O)O. The third-order valence-corrected chi connectivity index (χ3v) is 3.02. The Bertz CT molecular complexity index is 508. The maximum Gasteiger partial charge on any atom is 0.319 e. The van der Waals surface area contributed by atoms with E-state index in [0.29, 0.717) is 0 Å². The molecule has 20 heavy (non-hydrogen) atoms. The molecule has 0 spiro atoms. The molecule has 0 aliphatic rings. The minimum atomic E-state index is -0.988. The van der Waals surface area contributed by atoms with Crippen LogP contribution in [0.5, 0.6) is 0 Å². The van der Waals surface area contributed by atoms with Gasteiger partial charge in [-0.15, -0.1) is 0 Å². The second-order valence-corrected chi connectivity index (χ2v) is 5.08. The molecule has 0 bridgehead atoms. The third kappa shape index (κ3) is 4.70. The Morgan fingerprint density at radius 1 is 1.40 bits per heavy atom. The van der Waals surface area contributed by atoms with E-state index in [1.807, 2.05) is 0 Å². The monoisotopic (exact) mass is 302 g/mol. The molecule has 1 unspecified atom stereocenters. The van der Waals surface area contributed by atoms with Gasteiger partial charge >= 0.3 is 12.0 Å². The highest BCUT2D eigenvalue weighted by Gasteiger charge is 2.22. The number of amides is 2. The number of carbonyl (C=O) groups is 2. The second-order valence-electron chi connectivity index (χ2n) is 4.65. The maximum atomic E-state index is 13.4. The molecule has 1 aromatic carbocycles. The molecule has 0 saturated carbocycles. The highest BCUT2D eigenvalue weighted by molar-refractivity contribution is 6.30. The number of carboxylic acids is 1. The van der Waals surface area contributed by atoms with E-state index >= 15 is 0 Å². The molecule has 0 saturated heterocycles. The van der Waals surface area contributed by atoms with Gasteiger partial charge in [0, 0.05) is 11.6 Å². The van der Waals surface area contributed by atoms with Crippen molar-refractivity contribution >= 4 is 29.3 Å². The molecule has 0 fully saturated rings. The van der Waals surface area contributed by atoms with Gasteiger partial charge in [-0.3, -0.25) is 4.79 Å². The molecule has 1 aromatic rings. The molecule has 1 atom stereocenters. The topological polar surface area (TPSA) is 78.4 Å². The summed E-state index contributed by atoms with van der Waals surface area (Å²) in [6.07, 6.45) is 0. The van der Waals surface area contributed by atoms with Gasteiger partial charge in [-0.1, -0.05) is 25.4 Å². The van der Waals surface area contributed by atoms with Gasteiger partial charge in [0.25, 0.3) is 0 Å². The van der Waals surface area contributed by atoms with Crippen LogP contribution >= 0.6 is 11.6 Å². The van der Waals surface area contributed by atoms with Crippen molar-refractivity contribution in [2.45, 2.75) is 13.8 Å². The molecule has 0 aliphatic heterocycles. The zero-order chi connectivity index (χ0) is 15.3. The number of hydrogen-bond donors (Lipinski definition) is 3. The lowest BCUT2D eigenvalue weighted by Gasteiger charge is -2.17. The standard InChI is InChI=1S/C13H16ClFN2O3/c1-7(2)9(12(18)19)6-16-13(20)17-11-4-3-8(14)5-10(11)15/h3-5,7,9H,6H2,1-2H3,(H,18,19)(H2,16,17,20). The van der Waals surface area contributed by atoms with E-state index in [1.54, 1.807) is 13.8 Å². The van der Waals surface area contributed by atoms with Gasteiger partial charge in [0.15, 0.2) is 0 Å². The van der Waals surface area contributed by atoms with Crippen molar-refractivity contribution in [2.75, 3.05) is 11.9 Å². The van der Waals surface area contributed by atoms with E-state index in [-0.39, 0.29) is 23.2 Å². The lowest BCUT2D eigenvalue weighted by atomic mass is 9.96. The number of benzene rings is 1. The average molecular weight is 303 g/mol. The van der Waals surface area contributed by atoms with E-state index in [1.165, 1.54) is 12.1 Å². The molecule has 1 rings (SSSR count). The molecular formula is C13H16ClFN2O3. The Morgan fingerprint density at radius 2 is 2.05 bits per heavy atom. The summed E-state index contributed by atoms with van der Waals surface area (Å²) in [7, 11) is 0. The summed E-state index contributed by atoms with van der Waals surface area (Å²) in [6.45, 7) is 3.46. The Hall–Kier alpha value is -1.82. The van der Waals surface area contributed by atoms with Crippen LogP contribution < -0.4 is 10.6 Å². The summed E-state index contributed by atoms with van der Waals surface area (Å²) >= 11 is 5.59. The van der Waals surface area contributed by atoms with Gasteiger partial charge in [-0.25, -0.2) is 9.18 Å². The Morgan fingerprint density at radius 3 is 2.55 bits per heavy atom. The molecule has 5 nitrogen and oxygen atoms in total. The van der Waals surface area contributed by atoms with Crippen LogP contribution in [0.1, 0.15) is 13.8 Å². The Labute approximate surface area is 121 Å². The smallest absolute Gasteiger partial charge is 0.319 e. The van der Waals surface area contributed by atoms with Crippen LogP contribution in [0.4, 0.5) is 14.9 Å². The average Bonchev–Trinajstić information content (AvgIpc) is 2.32. The van der Waals surface area contributed by atoms with Crippen LogP contribution in [-0.4, -0.2) is 23.7 Å². The number of aliphatic carboxylic acids is 1. The summed E-state index contributed by atoms with van der Waals surface area (Å²) in [5, 5.41) is 13.9. The van der Waals surface area contributed by atoms with Crippen LogP contribution in [0.15, 0.2) is 18.2 Å². The van der Waals surface area contributed by atoms with Gasteiger partial charge in [0.1, 0.15) is 5.82 Å². The number of rotatable bonds is 5. The van der Waals surface area contributed by atoms with E-state index in [4.69, 9.17) is 16.7 Å². The first-order valence-corrected chi connectivity index (χ1v) is 6.41. The molecule has 7 heteroatoms. The van der Waals surface area contributed by atoms with Crippen molar-refractivity contribution in [1.29, 1.82) is 0 Å². The van der Waals surface area contributed by atoms with E-state index in [9.17, 15) is 14.0 Å². The molecule has 0 aliphatic carbocycles. The predicted molar refractivity (Wildman–Crippen MR) is 74.4 cm³/mol.